The molecule has 0 radical (unpaired) electrons. The van der Waals surface area contributed by atoms with E-state index in [1.54, 1.807) is 12.1 Å². The number of ether oxygens (including phenoxy) is 1. The second-order valence-electron chi connectivity index (χ2n) is 5.86. The molecule has 0 saturated heterocycles. The molecule has 0 aromatic heterocycles. The summed E-state index contributed by atoms with van der Waals surface area (Å²) in [6.45, 7) is 1.94. The highest BCUT2D eigenvalue weighted by Crippen LogP contribution is 2.12. The summed E-state index contributed by atoms with van der Waals surface area (Å²) < 4.78 is 4.89. The Kier molecular flexibility index (Phi) is 13.3. The summed E-state index contributed by atoms with van der Waals surface area (Å²) in [6, 6.07) is 7.32. The van der Waals surface area contributed by atoms with E-state index in [1.165, 1.54) is 7.05 Å². The molecule has 0 fully saturated rings. The number of unbranched alkanes of at least 4 members (excludes halogenated alkanes) is 5. The molecular formula is C19H29NO6. The summed E-state index contributed by atoms with van der Waals surface area (Å²) in [7, 11) is 1.53. The Morgan fingerprint density at radius 3 is 1.85 bits per heavy atom. The van der Waals surface area contributed by atoms with E-state index in [1.807, 2.05) is 19.1 Å². The molecule has 0 aliphatic heterocycles. The van der Waals surface area contributed by atoms with Gasteiger partial charge in [-0.25, -0.2) is 4.79 Å². The van der Waals surface area contributed by atoms with E-state index >= 15 is 0 Å². The summed E-state index contributed by atoms with van der Waals surface area (Å²) in [5, 5.41) is 19.1. The Balaban J connectivity index is 0.000000485. The van der Waals surface area contributed by atoms with Crippen LogP contribution in [0.4, 0.5) is 4.79 Å². The van der Waals surface area contributed by atoms with Crippen molar-refractivity contribution in [3.63, 3.8) is 0 Å². The van der Waals surface area contributed by atoms with E-state index < -0.39 is 18.0 Å². The van der Waals surface area contributed by atoms with Crippen LogP contribution in [0.2, 0.25) is 0 Å². The zero-order chi connectivity index (χ0) is 19.8. The van der Waals surface area contributed by atoms with Gasteiger partial charge in [0.25, 0.3) is 0 Å². The number of carboxylic acids is 2. The fourth-order valence-corrected chi connectivity index (χ4v) is 2.10. The summed E-state index contributed by atoms with van der Waals surface area (Å²) in [5.74, 6) is -0.916. The van der Waals surface area contributed by atoms with Gasteiger partial charge in [0.05, 0.1) is 0 Å². The molecule has 0 atom stereocenters. The van der Waals surface area contributed by atoms with Crippen LogP contribution in [0.3, 0.4) is 0 Å². The molecule has 7 nitrogen and oxygen atoms in total. The number of hydrogen-bond donors (Lipinski definition) is 3. The third-order valence-electron chi connectivity index (χ3n) is 3.44. The van der Waals surface area contributed by atoms with E-state index in [4.69, 9.17) is 14.9 Å². The van der Waals surface area contributed by atoms with Crippen LogP contribution in [0.15, 0.2) is 24.3 Å². The van der Waals surface area contributed by atoms with Crippen LogP contribution in [0, 0.1) is 6.92 Å². The fourth-order valence-electron chi connectivity index (χ4n) is 2.10. The minimum atomic E-state index is -0.740. The maximum Gasteiger partial charge on any atom is 0.412 e. The predicted molar refractivity (Wildman–Crippen MR) is 98.5 cm³/mol. The van der Waals surface area contributed by atoms with Crippen molar-refractivity contribution < 1.29 is 29.3 Å². The molecule has 0 bridgehead atoms. The van der Waals surface area contributed by atoms with Crippen molar-refractivity contribution in [2.45, 2.75) is 58.3 Å². The number of nitrogens with one attached hydrogen (secondary N) is 1. The highest BCUT2D eigenvalue weighted by atomic mass is 16.5. The molecule has 0 heterocycles. The highest BCUT2D eigenvalue weighted by molar-refractivity contribution is 5.69. The molecule has 1 aromatic carbocycles. The quantitative estimate of drug-likeness (QED) is 0.539. The number of aliphatic carboxylic acids is 2. The first kappa shape index (κ1) is 23.4. The molecule has 0 aliphatic rings. The first-order chi connectivity index (χ1) is 12.3. The van der Waals surface area contributed by atoms with Crippen LogP contribution in [-0.4, -0.2) is 35.3 Å². The lowest BCUT2D eigenvalue weighted by Crippen LogP contribution is -2.21. The number of carbonyl (C=O) groups excluding carboxylic acids is 1. The van der Waals surface area contributed by atoms with Gasteiger partial charge in [-0.2, -0.15) is 0 Å². The standard InChI is InChI=1S/C10H18O4.C9H11NO2/c11-9(12)7-5-3-1-2-4-6-8-10(13)14;1-7-4-3-5-8(6-7)12-9(11)10-2/h1-8H2,(H,11,12)(H,13,14);3-6H,1-2H3,(H,10,11). The Labute approximate surface area is 154 Å². The third-order valence-corrected chi connectivity index (χ3v) is 3.44. The van der Waals surface area contributed by atoms with Crippen molar-refractivity contribution in [3.05, 3.63) is 29.8 Å². The van der Waals surface area contributed by atoms with E-state index in [9.17, 15) is 14.4 Å². The average Bonchev–Trinajstić information content (AvgIpc) is 2.57. The predicted octanol–water partition coefficient (Wildman–Crippen LogP) is 3.99. The van der Waals surface area contributed by atoms with Crippen molar-refractivity contribution >= 4 is 18.0 Å². The summed E-state index contributed by atoms with van der Waals surface area (Å²) in [6.07, 6.45) is 5.38. The molecule has 0 saturated carbocycles. The van der Waals surface area contributed by atoms with Gasteiger partial charge >= 0.3 is 18.0 Å². The monoisotopic (exact) mass is 367 g/mol. The number of rotatable bonds is 10. The number of aryl methyl sites for hydroxylation is 1. The van der Waals surface area contributed by atoms with Crippen LogP contribution < -0.4 is 10.1 Å². The minimum absolute atomic E-state index is 0.245. The molecule has 7 heteroatoms. The highest BCUT2D eigenvalue weighted by Gasteiger charge is 2.00. The minimum Gasteiger partial charge on any atom is -0.481 e. The lowest BCUT2D eigenvalue weighted by molar-refractivity contribution is -0.138. The topological polar surface area (TPSA) is 113 Å². The van der Waals surface area contributed by atoms with Gasteiger partial charge in [0.1, 0.15) is 5.75 Å². The smallest absolute Gasteiger partial charge is 0.412 e. The lowest BCUT2D eigenvalue weighted by Gasteiger charge is -2.02. The van der Waals surface area contributed by atoms with Crippen molar-refractivity contribution in [2.75, 3.05) is 7.05 Å². The third kappa shape index (κ3) is 15.0. The number of carboxylic acid groups (broad SMARTS) is 2. The van der Waals surface area contributed by atoms with Crippen LogP contribution >= 0.6 is 0 Å². The van der Waals surface area contributed by atoms with Crippen LogP contribution in [0.25, 0.3) is 0 Å². The molecular weight excluding hydrogens is 338 g/mol. The number of hydrogen-bond acceptors (Lipinski definition) is 4. The molecule has 0 unspecified atom stereocenters. The van der Waals surface area contributed by atoms with Gasteiger partial charge in [-0.15, -0.1) is 0 Å². The number of carbonyl (C=O) groups is 3. The average molecular weight is 367 g/mol. The molecule has 1 rings (SSSR count). The van der Waals surface area contributed by atoms with Gasteiger partial charge in [0, 0.05) is 19.9 Å². The second kappa shape index (κ2) is 14.7. The molecule has 3 N–H and O–H groups in total. The van der Waals surface area contributed by atoms with Gasteiger partial charge in [0.2, 0.25) is 0 Å². The molecule has 146 valence electrons. The zero-order valence-corrected chi connectivity index (χ0v) is 15.5. The summed E-state index contributed by atoms with van der Waals surface area (Å²) >= 11 is 0. The Bertz CT molecular complexity index is 539. The van der Waals surface area contributed by atoms with Gasteiger partial charge in [-0.05, 0) is 37.5 Å². The summed E-state index contributed by atoms with van der Waals surface area (Å²) in [5.41, 5.74) is 1.07. The fraction of sp³-hybridized carbons (Fsp3) is 0.526. The van der Waals surface area contributed by atoms with Crippen molar-refractivity contribution in [3.8, 4) is 5.75 Å². The Morgan fingerprint density at radius 2 is 1.42 bits per heavy atom. The first-order valence-electron chi connectivity index (χ1n) is 8.75. The Hall–Kier alpha value is -2.57. The van der Waals surface area contributed by atoms with Gasteiger partial charge in [-0.3, -0.25) is 9.59 Å². The SMILES string of the molecule is CNC(=O)Oc1cccc(C)c1.O=C(O)CCCCCCCCC(=O)O. The lowest BCUT2D eigenvalue weighted by atomic mass is 10.1. The normalized spacial score (nSPS) is 9.62. The summed E-state index contributed by atoms with van der Waals surface area (Å²) in [4.78, 5) is 31.0. The molecule has 26 heavy (non-hydrogen) atoms. The maximum absolute atomic E-state index is 10.8. The molecule has 1 aromatic rings. The van der Waals surface area contributed by atoms with Crippen molar-refractivity contribution in [1.29, 1.82) is 0 Å². The first-order valence-corrected chi connectivity index (χ1v) is 8.75. The molecule has 0 aliphatic carbocycles. The number of benzene rings is 1. The number of amides is 1. The van der Waals surface area contributed by atoms with Crippen molar-refractivity contribution in [1.82, 2.24) is 5.32 Å². The van der Waals surface area contributed by atoms with E-state index in [2.05, 4.69) is 5.32 Å². The van der Waals surface area contributed by atoms with Crippen LogP contribution in [-0.2, 0) is 9.59 Å². The van der Waals surface area contributed by atoms with E-state index in [0.29, 0.717) is 5.75 Å². The molecule has 1 amide bonds. The Morgan fingerprint density at radius 1 is 0.923 bits per heavy atom. The van der Waals surface area contributed by atoms with Gasteiger partial charge < -0.3 is 20.3 Å². The van der Waals surface area contributed by atoms with Gasteiger partial charge in [0.15, 0.2) is 0 Å². The second-order valence-corrected chi connectivity index (χ2v) is 5.86. The molecule has 0 spiro atoms. The maximum atomic E-state index is 10.8. The van der Waals surface area contributed by atoms with E-state index in [-0.39, 0.29) is 12.8 Å². The zero-order valence-electron chi connectivity index (χ0n) is 15.5. The largest absolute Gasteiger partial charge is 0.481 e. The van der Waals surface area contributed by atoms with Crippen LogP contribution in [0.1, 0.15) is 56.9 Å². The van der Waals surface area contributed by atoms with E-state index in [0.717, 1.165) is 44.1 Å². The van der Waals surface area contributed by atoms with Gasteiger partial charge in [-0.1, -0.05) is 37.8 Å². The van der Waals surface area contributed by atoms with Crippen LogP contribution in [0.5, 0.6) is 5.75 Å². The van der Waals surface area contributed by atoms with Crippen molar-refractivity contribution in [2.24, 2.45) is 0 Å².